The molecule has 1 fully saturated rings. The summed E-state index contributed by atoms with van der Waals surface area (Å²) in [5.74, 6) is 1.27. The average Bonchev–Trinajstić information content (AvgIpc) is 3.58. The van der Waals surface area contributed by atoms with Gasteiger partial charge in [0.2, 0.25) is 0 Å². The highest BCUT2D eigenvalue weighted by atomic mass is 19.1. The Labute approximate surface area is 218 Å². The zero-order valence-corrected chi connectivity index (χ0v) is 21.5. The van der Waals surface area contributed by atoms with Gasteiger partial charge >= 0.3 is 11.9 Å². The van der Waals surface area contributed by atoms with E-state index in [9.17, 15) is 9.18 Å². The summed E-state index contributed by atoms with van der Waals surface area (Å²) in [6, 6.07) is 10.3. The number of fused-ring (bicyclic) bond motifs is 2. The fraction of sp³-hybridized carbons (Fsp3) is 0.357. The summed E-state index contributed by atoms with van der Waals surface area (Å²) in [4.78, 5) is 16.9. The number of nitrogens with zero attached hydrogens (tertiary/aromatic N) is 5. The van der Waals surface area contributed by atoms with Crippen LogP contribution in [0.25, 0.3) is 34.0 Å². The molecule has 1 saturated carbocycles. The number of oxazole rings is 1. The van der Waals surface area contributed by atoms with Crippen molar-refractivity contribution < 1.29 is 18.3 Å². The van der Waals surface area contributed by atoms with Crippen LogP contribution in [0.4, 0.5) is 9.18 Å². The van der Waals surface area contributed by atoms with Crippen molar-refractivity contribution in [3.63, 3.8) is 0 Å². The molecule has 0 bridgehead atoms. The third-order valence-corrected chi connectivity index (χ3v) is 6.90. The molecule has 10 heteroatoms. The van der Waals surface area contributed by atoms with Crippen molar-refractivity contribution in [2.75, 3.05) is 0 Å². The molecule has 0 unspecified atom stereocenters. The number of halogens is 1. The predicted octanol–water partition coefficient (Wildman–Crippen LogP) is 5.99. The Kier molecular flexibility index (Phi) is 5.89. The summed E-state index contributed by atoms with van der Waals surface area (Å²) in [7, 11) is 0. The van der Waals surface area contributed by atoms with Gasteiger partial charge in [0.1, 0.15) is 29.2 Å². The molecule has 0 aliphatic heterocycles. The van der Waals surface area contributed by atoms with Crippen molar-refractivity contribution >= 4 is 17.6 Å². The van der Waals surface area contributed by atoms with Crippen molar-refractivity contribution in [3.05, 3.63) is 66.7 Å². The lowest BCUT2D eigenvalue weighted by Gasteiger charge is -2.29. The third-order valence-electron chi connectivity index (χ3n) is 6.90. The van der Waals surface area contributed by atoms with E-state index < -0.39 is 5.60 Å². The molecule has 1 aliphatic carbocycles. The minimum atomic E-state index is -0.520. The molecule has 4 aromatic heterocycles. The summed E-state index contributed by atoms with van der Waals surface area (Å²) >= 11 is 0. The highest BCUT2D eigenvalue weighted by Crippen LogP contribution is 2.36. The van der Waals surface area contributed by atoms with Gasteiger partial charge in [-0.1, -0.05) is 0 Å². The van der Waals surface area contributed by atoms with Gasteiger partial charge in [-0.25, -0.2) is 9.18 Å². The van der Waals surface area contributed by atoms with Gasteiger partial charge in [0.25, 0.3) is 0 Å². The SMILES string of the molecule is CC(C)(C)OC(=O)NC1CCC(c2nnc3ccc(-c4c(-c5ccc(F)cc5)nc5occn45)cn23)CC1. The lowest BCUT2D eigenvalue weighted by molar-refractivity contribution is 0.0491. The van der Waals surface area contributed by atoms with Gasteiger partial charge in [-0.2, -0.15) is 4.98 Å². The topological polar surface area (TPSA) is 99.0 Å². The summed E-state index contributed by atoms with van der Waals surface area (Å²) in [5.41, 5.74) is 3.48. The predicted molar refractivity (Wildman–Crippen MR) is 139 cm³/mol. The quantitative estimate of drug-likeness (QED) is 0.315. The molecule has 1 aromatic carbocycles. The molecule has 4 heterocycles. The van der Waals surface area contributed by atoms with Crippen LogP contribution >= 0.6 is 0 Å². The molecule has 9 nitrogen and oxygen atoms in total. The Hall–Kier alpha value is -4.21. The molecule has 1 amide bonds. The second kappa shape index (κ2) is 9.27. The fourth-order valence-corrected chi connectivity index (χ4v) is 5.17. The number of benzene rings is 1. The van der Waals surface area contributed by atoms with E-state index in [0.717, 1.165) is 54.0 Å². The fourth-order valence-electron chi connectivity index (χ4n) is 5.17. The molecule has 196 valence electrons. The van der Waals surface area contributed by atoms with Gasteiger partial charge in [0.05, 0.1) is 5.69 Å². The van der Waals surface area contributed by atoms with E-state index in [1.54, 1.807) is 18.4 Å². The Morgan fingerprint density at radius 1 is 1.03 bits per heavy atom. The Bertz CT molecular complexity index is 1600. The minimum Gasteiger partial charge on any atom is -0.444 e. The maximum atomic E-state index is 13.6. The summed E-state index contributed by atoms with van der Waals surface area (Å²) in [5, 5.41) is 11.9. The molecule has 1 N–H and O–H groups in total. The van der Waals surface area contributed by atoms with E-state index in [2.05, 4.69) is 20.5 Å². The molecular weight excluding hydrogens is 487 g/mol. The van der Waals surface area contributed by atoms with Crippen LogP contribution in [0.3, 0.4) is 0 Å². The number of imidazole rings is 1. The number of carbonyl (C=O) groups excluding carboxylic acids is 1. The number of alkyl carbamates (subject to hydrolysis) is 1. The van der Waals surface area contributed by atoms with Crippen molar-refractivity contribution in [2.45, 2.75) is 64.0 Å². The Morgan fingerprint density at radius 3 is 2.50 bits per heavy atom. The molecular formula is C28H29FN6O3. The van der Waals surface area contributed by atoms with Gasteiger partial charge in [0, 0.05) is 35.5 Å². The first kappa shape index (κ1) is 24.1. The van der Waals surface area contributed by atoms with Crippen LogP contribution in [-0.4, -0.2) is 41.7 Å². The van der Waals surface area contributed by atoms with Crippen LogP contribution < -0.4 is 5.32 Å². The lowest BCUT2D eigenvalue weighted by atomic mass is 9.85. The highest BCUT2D eigenvalue weighted by Gasteiger charge is 2.28. The van der Waals surface area contributed by atoms with E-state index in [1.165, 1.54) is 12.1 Å². The Balaban J connectivity index is 1.28. The summed E-state index contributed by atoms with van der Waals surface area (Å²) in [6.45, 7) is 5.58. The van der Waals surface area contributed by atoms with Crippen LogP contribution in [0.5, 0.6) is 0 Å². The molecule has 0 saturated heterocycles. The van der Waals surface area contributed by atoms with Gasteiger partial charge < -0.3 is 14.5 Å². The first-order valence-corrected chi connectivity index (χ1v) is 12.8. The normalized spacial score (nSPS) is 18.2. The first-order valence-electron chi connectivity index (χ1n) is 12.8. The van der Waals surface area contributed by atoms with Gasteiger partial charge in [0.15, 0.2) is 5.65 Å². The monoisotopic (exact) mass is 516 g/mol. The number of nitrogens with one attached hydrogen (secondary N) is 1. The number of amides is 1. The summed E-state index contributed by atoms with van der Waals surface area (Å²) < 4.78 is 28.5. The second-order valence-electron chi connectivity index (χ2n) is 10.8. The number of pyridine rings is 1. The molecule has 5 aromatic rings. The molecule has 6 rings (SSSR count). The molecule has 0 atom stereocenters. The largest absolute Gasteiger partial charge is 0.444 e. The van der Waals surface area contributed by atoms with E-state index in [1.807, 2.05) is 54.1 Å². The van der Waals surface area contributed by atoms with Crippen molar-refractivity contribution in [2.24, 2.45) is 0 Å². The zero-order valence-electron chi connectivity index (χ0n) is 21.5. The van der Waals surface area contributed by atoms with Crippen molar-refractivity contribution in [1.29, 1.82) is 0 Å². The number of hydrogen-bond acceptors (Lipinski definition) is 6. The second-order valence-corrected chi connectivity index (χ2v) is 10.8. The minimum absolute atomic E-state index is 0.0790. The van der Waals surface area contributed by atoms with Gasteiger partial charge in [-0.15, -0.1) is 10.2 Å². The number of carbonyl (C=O) groups is 1. The van der Waals surface area contributed by atoms with Crippen LogP contribution in [-0.2, 0) is 4.74 Å². The van der Waals surface area contributed by atoms with Crippen molar-refractivity contribution in [1.82, 2.24) is 29.3 Å². The standard InChI is InChI=1S/C28H29FN6O3/c1-28(2,3)38-27(36)30-21-11-6-18(7-12-21)25-33-32-22-13-8-19(16-35(22)25)24-23(17-4-9-20(29)10-5-17)31-26-34(24)14-15-37-26/h4-5,8-10,13-16,18,21H,6-7,11-12H2,1-3H3,(H,30,36). The van der Waals surface area contributed by atoms with Crippen LogP contribution in [0.2, 0.25) is 0 Å². The number of rotatable bonds is 4. The Morgan fingerprint density at radius 2 is 1.76 bits per heavy atom. The first-order chi connectivity index (χ1) is 18.2. The van der Waals surface area contributed by atoms with E-state index in [0.29, 0.717) is 11.5 Å². The van der Waals surface area contributed by atoms with E-state index >= 15 is 0 Å². The van der Waals surface area contributed by atoms with Gasteiger partial charge in [-0.05, 0) is 82.9 Å². The number of ether oxygens (including phenoxy) is 1. The maximum Gasteiger partial charge on any atom is 0.407 e. The molecule has 0 spiro atoms. The van der Waals surface area contributed by atoms with E-state index in [-0.39, 0.29) is 23.9 Å². The van der Waals surface area contributed by atoms with Crippen LogP contribution in [0.1, 0.15) is 58.2 Å². The molecule has 38 heavy (non-hydrogen) atoms. The lowest BCUT2D eigenvalue weighted by Crippen LogP contribution is -2.40. The average molecular weight is 517 g/mol. The number of hydrogen-bond donors (Lipinski definition) is 1. The zero-order chi connectivity index (χ0) is 26.4. The van der Waals surface area contributed by atoms with Gasteiger partial charge in [-0.3, -0.25) is 8.80 Å². The maximum absolute atomic E-state index is 13.6. The third kappa shape index (κ3) is 4.62. The highest BCUT2D eigenvalue weighted by molar-refractivity contribution is 5.81. The molecule has 1 aliphatic rings. The molecule has 0 radical (unpaired) electrons. The smallest absolute Gasteiger partial charge is 0.407 e. The van der Waals surface area contributed by atoms with E-state index in [4.69, 9.17) is 9.15 Å². The number of aromatic nitrogens is 5. The summed E-state index contributed by atoms with van der Waals surface area (Å²) in [6.07, 6.45) is 8.50. The van der Waals surface area contributed by atoms with Crippen molar-refractivity contribution in [3.8, 4) is 22.5 Å². The van der Waals surface area contributed by atoms with Crippen LogP contribution in [0.15, 0.2) is 59.5 Å². The van der Waals surface area contributed by atoms with Crippen LogP contribution in [0, 0.1) is 5.82 Å².